The van der Waals surface area contributed by atoms with Gasteiger partial charge in [0, 0.05) is 23.3 Å². The highest BCUT2D eigenvalue weighted by Crippen LogP contribution is 2.36. The SMILES string of the molecule is CCOC(=O)C(F)(c1ccccc1)c1ccc([N+](=O)[O-])cc1. The lowest BCUT2D eigenvalue weighted by molar-refractivity contribution is -0.384. The van der Waals surface area contributed by atoms with Gasteiger partial charge in [-0.15, -0.1) is 0 Å². The zero-order valence-corrected chi connectivity index (χ0v) is 11.9. The molecule has 1 atom stereocenters. The third-order valence-electron chi connectivity index (χ3n) is 3.20. The molecule has 0 spiro atoms. The molecule has 2 aromatic carbocycles. The maximum Gasteiger partial charge on any atom is 0.353 e. The molecule has 0 aliphatic carbocycles. The van der Waals surface area contributed by atoms with Gasteiger partial charge in [-0.25, -0.2) is 9.18 Å². The average Bonchev–Trinajstić information content (AvgIpc) is 2.55. The Balaban J connectivity index is 2.53. The van der Waals surface area contributed by atoms with Crippen molar-refractivity contribution >= 4 is 11.7 Å². The highest BCUT2D eigenvalue weighted by Gasteiger charge is 2.44. The first-order valence-corrected chi connectivity index (χ1v) is 6.66. The molecule has 0 heterocycles. The number of nitro groups is 1. The second-order valence-corrected chi connectivity index (χ2v) is 4.55. The summed E-state index contributed by atoms with van der Waals surface area (Å²) in [7, 11) is 0. The molecule has 0 fully saturated rings. The van der Waals surface area contributed by atoms with E-state index < -0.39 is 16.6 Å². The lowest BCUT2D eigenvalue weighted by Gasteiger charge is -2.24. The van der Waals surface area contributed by atoms with Gasteiger partial charge >= 0.3 is 5.97 Å². The van der Waals surface area contributed by atoms with Crippen molar-refractivity contribution in [1.29, 1.82) is 0 Å². The number of halogens is 1. The molecule has 0 saturated heterocycles. The number of hydrogen-bond acceptors (Lipinski definition) is 4. The fourth-order valence-electron chi connectivity index (χ4n) is 2.11. The van der Waals surface area contributed by atoms with Gasteiger partial charge in [0.05, 0.1) is 11.5 Å². The number of carbonyl (C=O) groups excluding carboxylic acids is 1. The number of esters is 1. The molecule has 0 bridgehead atoms. The summed E-state index contributed by atoms with van der Waals surface area (Å²) in [4.78, 5) is 22.3. The third kappa shape index (κ3) is 2.81. The van der Waals surface area contributed by atoms with E-state index in [0.29, 0.717) is 0 Å². The molecule has 1 unspecified atom stereocenters. The summed E-state index contributed by atoms with van der Waals surface area (Å²) >= 11 is 0. The fraction of sp³-hybridized carbons (Fsp3) is 0.188. The van der Waals surface area contributed by atoms with Gasteiger partial charge in [-0.1, -0.05) is 30.3 Å². The van der Waals surface area contributed by atoms with Crippen LogP contribution in [0.4, 0.5) is 10.1 Å². The second-order valence-electron chi connectivity index (χ2n) is 4.55. The summed E-state index contributed by atoms with van der Waals surface area (Å²) in [5, 5.41) is 10.7. The third-order valence-corrected chi connectivity index (χ3v) is 3.20. The van der Waals surface area contributed by atoms with E-state index in [1.54, 1.807) is 25.1 Å². The van der Waals surface area contributed by atoms with Gasteiger partial charge in [0.1, 0.15) is 0 Å². The van der Waals surface area contributed by atoms with Crippen molar-refractivity contribution in [2.45, 2.75) is 12.6 Å². The minimum atomic E-state index is -2.51. The van der Waals surface area contributed by atoms with Crippen molar-refractivity contribution in [3.8, 4) is 0 Å². The Bertz CT molecular complexity index is 672. The Morgan fingerprint density at radius 3 is 2.18 bits per heavy atom. The smallest absolute Gasteiger partial charge is 0.353 e. The zero-order chi connectivity index (χ0) is 16.2. The van der Waals surface area contributed by atoms with Crippen molar-refractivity contribution in [3.63, 3.8) is 0 Å². The molecule has 22 heavy (non-hydrogen) atoms. The molecule has 0 radical (unpaired) electrons. The van der Waals surface area contributed by atoms with Crippen LogP contribution in [0.2, 0.25) is 0 Å². The van der Waals surface area contributed by atoms with Gasteiger partial charge in [0.2, 0.25) is 0 Å². The number of benzene rings is 2. The molecule has 2 aromatic rings. The standard InChI is InChI=1S/C16H14FNO4/c1-2-22-15(19)16(17,12-6-4-3-5-7-12)13-8-10-14(11-9-13)18(20)21/h3-11H,2H2,1H3. The van der Waals surface area contributed by atoms with Gasteiger partial charge in [-0.2, -0.15) is 0 Å². The summed E-state index contributed by atoms with van der Waals surface area (Å²) in [5.74, 6) is -1.05. The van der Waals surface area contributed by atoms with Crippen molar-refractivity contribution in [1.82, 2.24) is 0 Å². The predicted octanol–water partition coefficient (Wildman–Crippen LogP) is 3.37. The molecule has 5 nitrogen and oxygen atoms in total. The van der Waals surface area contributed by atoms with E-state index in [0.717, 1.165) is 12.1 Å². The number of ether oxygens (including phenoxy) is 1. The molecule has 6 heteroatoms. The zero-order valence-electron chi connectivity index (χ0n) is 11.9. The number of rotatable bonds is 5. The van der Waals surface area contributed by atoms with Gasteiger partial charge in [-0.05, 0) is 19.1 Å². The summed E-state index contributed by atoms with van der Waals surface area (Å²) in [6.07, 6.45) is 0. The molecule has 0 aromatic heterocycles. The van der Waals surface area contributed by atoms with Crippen LogP contribution in [0.3, 0.4) is 0 Å². The van der Waals surface area contributed by atoms with E-state index in [1.165, 1.54) is 24.3 Å². The van der Waals surface area contributed by atoms with Crippen molar-refractivity contribution in [3.05, 3.63) is 75.8 Å². The van der Waals surface area contributed by atoms with E-state index in [4.69, 9.17) is 4.74 Å². The Kier molecular flexibility index (Phi) is 4.50. The normalized spacial score (nSPS) is 13.2. The van der Waals surface area contributed by atoms with Crippen molar-refractivity contribution in [2.75, 3.05) is 6.61 Å². The Hall–Kier alpha value is -2.76. The van der Waals surface area contributed by atoms with Crippen molar-refractivity contribution < 1.29 is 18.8 Å². The van der Waals surface area contributed by atoms with Crippen LogP contribution >= 0.6 is 0 Å². The monoisotopic (exact) mass is 303 g/mol. The van der Waals surface area contributed by atoms with Crippen LogP contribution in [-0.4, -0.2) is 17.5 Å². The van der Waals surface area contributed by atoms with Crippen LogP contribution in [0.5, 0.6) is 0 Å². The van der Waals surface area contributed by atoms with E-state index in [-0.39, 0.29) is 23.4 Å². The summed E-state index contributed by atoms with van der Waals surface area (Å²) in [6, 6.07) is 12.6. The highest BCUT2D eigenvalue weighted by atomic mass is 19.1. The Labute approximate surface area is 126 Å². The van der Waals surface area contributed by atoms with Gasteiger partial charge in [-0.3, -0.25) is 10.1 Å². The highest BCUT2D eigenvalue weighted by molar-refractivity contribution is 5.85. The van der Waals surface area contributed by atoms with Crippen LogP contribution in [-0.2, 0) is 15.2 Å². The minimum Gasteiger partial charge on any atom is -0.463 e. The largest absolute Gasteiger partial charge is 0.463 e. The Morgan fingerprint density at radius 2 is 1.68 bits per heavy atom. The van der Waals surface area contributed by atoms with Gasteiger partial charge < -0.3 is 4.74 Å². The van der Waals surface area contributed by atoms with Gasteiger partial charge in [0.25, 0.3) is 11.4 Å². The van der Waals surface area contributed by atoms with E-state index in [2.05, 4.69) is 0 Å². The fourth-order valence-corrected chi connectivity index (χ4v) is 2.11. The lowest BCUT2D eigenvalue weighted by Crippen LogP contribution is -2.34. The first-order valence-electron chi connectivity index (χ1n) is 6.66. The van der Waals surface area contributed by atoms with Crippen LogP contribution in [0.1, 0.15) is 18.1 Å². The van der Waals surface area contributed by atoms with E-state index >= 15 is 4.39 Å². The number of nitrogens with zero attached hydrogens (tertiary/aromatic N) is 1. The number of nitro benzene ring substituents is 1. The second kappa shape index (κ2) is 6.34. The number of hydrogen-bond donors (Lipinski definition) is 0. The van der Waals surface area contributed by atoms with Gasteiger partial charge in [0.15, 0.2) is 0 Å². The quantitative estimate of drug-likeness (QED) is 0.482. The first kappa shape index (κ1) is 15.6. The first-order chi connectivity index (χ1) is 10.5. The van der Waals surface area contributed by atoms with Crippen LogP contribution < -0.4 is 0 Å². The molecule has 0 saturated carbocycles. The minimum absolute atomic E-state index is 0.0113. The summed E-state index contributed by atoms with van der Waals surface area (Å²) < 4.78 is 20.4. The summed E-state index contributed by atoms with van der Waals surface area (Å²) in [6.45, 7) is 1.61. The molecule has 114 valence electrons. The lowest BCUT2D eigenvalue weighted by atomic mass is 9.88. The predicted molar refractivity (Wildman–Crippen MR) is 78.1 cm³/mol. The maximum absolute atomic E-state index is 15.5. The number of carbonyl (C=O) groups is 1. The van der Waals surface area contributed by atoms with E-state index in [1.807, 2.05) is 0 Å². The van der Waals surface area contributed by atoms with E-state index in [9.17, 15) is 14.9 Å². The molecule has 0 N–H and O–H groups in total. The molecule has 0 aliphatic heterocycles. The van der Waals surface area contributed by atoms with Crippen LogP contribution in [0, 0.1) is 10.1 Å². The topological polar surface area (TPSA) is 69.4 Å². The van der Waals surface area contributed by atoms with Crippen LogP contribution in [0.15, 0.2) is 54.6 Å². The molecular formula is C16H14FNO4. The van der Waals surface area contributed by atoms with Crippen LogP contribution in [0.25, 0.3) is 0 Å². The Morgan fingerprint density at radius 1 is 1.14 bits per heavy atom. The maximum atomic E-state index is 15.5. The molecular weight excluding hydrogens is 289 g/mol. The average molecular weight is 303 g/mol. The molecule has 0 aliphatic rings. The summed E-state index contributed by atoms with van der Waals surface area (Å²) in [5.41, 5.74) is -2.58. The number of non-ortho nitro benzene ring substituents is 1. The molecule has 0 amide bonds. The number of alkyl halides is 1. The molecule has 2 rings (SSSR count). The van der Waals surface area contributed by atoms with Crippen molar-refractivity contribution in [2.24, 2.45) is 0 Å².